The molecule has 3 aromatic heterocycles. The highest BCUT2D eigenvalue weighted by Crippen LogP contribution is 2.28. The number of fused-ring (bicyclic) bond motifs is 1. The molecule has 1 aliphatic carbocycles. The molecule has 4 rings (SSSR count). The third-order valence-electron chi connectivity index (χ3n) is 5.10. The lowest BCUT2D eigenvalue weighted by molar-refractivity contribution is 0.151. The summed E-state index contributed by atoms with van der Waals surface area (Å²) in [4.78, 5) is 25.1. The van der Waals surface area contributed by atoms with Crippen LogP contribution in [-0.2, 0) is 0 Å². The molecule has 0 aromatic carbocycles. The summed E-state index contributed by atoms with van der Waals surface area (Å²) in [5, 5.41) is 16.9. The van der Waals surface area contributed by atoms with Crippen LogP contribution in [0, 0.1) is 6.92 Å². The fourth-order valence-corrected chi connectivity index (χ4v) is 3.54. The first-order valence-electron chi connectivity index (χ1n) is 9.24. The maximum Gasteiger partial charge on any atom is 0.320 e. The van der Waals surface area contributed by atoms with Crippen molar-refractivity contribution in [3.05, 3.63) is 42.4 Å². The highest BCUT2D eigenvalue weighted by molar-refractivity contribution is 5.97. The Morgan fingerprint density at radius 1 is 1.29 bits per heavy atom. The summed E-state index contributed by atoms with van der Waals surface area (Å²) in [6, 6.07) is 4.97. The van der Waals surface area contributed by atoms with Gasteiger partial charge in [0.2, 0.25) is 0 Å². The van der Waals surface area contributed by atoms with Gasteiger partial charge in [0, 0.05) is 29.5 Å². The van der Waals surface area contributed by atoms with Gasteiger partial charge in [-0.1, -0.05) is 0 Å². The average Bonchev–Trinajstić information content (AvgIpc) is 3.06. The van der Waals surface area contributed by atoms with Crippen LogP contribution in [0.2, 0.25) is 0 Å². The summed E-state index contributed by atoms with van der Waals surface area (Å²) in [7, 11) is 0. The van der Waals surface area contributed by atoms with E-state index in [4.69, 9.17) is 5.73 Å². The molecule has 28 heavy (non-hydrogen) atoms. The lowest BCUT2D eigenvalue weighted by Crippen LogP contribution is -2.42. The van der Waals surface area contributed by atoms with Gasteiger partial charge in [-0.25, -0.2) is 14.8 Å². The Morgan fingerprint density at radius 3 is 2.89 bits per heavy atom. The number of urea groups is 1. The minimum Gasteiger partial charge on any atom is -0.391 e. The van der Waals surface area contributed by atoms with Crippen LogP contribution in [0.5, 0.6) is 0 Å². The number of aliphatic hydroxyl groups excluding tert-OH is 1. The number of anilines is 2. The summed E-state index contributed by atoms with van der Waals surface area (Å²) < 4.78 is 0. The van der Waals surface area contributed by atoms with Gasteiger partial charge in [-0.05, 0) is 55.3 Å². The summed E-state index contributed by atoms with van der Waals surface area (Å²) in [6.45, 7) is 1.99. The summed E-state index contributed by atoms with van der Waals surface area (Å²) in [5.74, 6) is 0.769. The molecule has 0 radical (unpaired) electrons. The van der Waals surface area contributed by atoms with Crippen LogP contribution in [-0.4, -0.2) is 38.2 Å². The number of nitrogen functional groups attached to an aromatic ring is 1. The third kappa shape index (κ3) is 3.59. The van der Waals surface area contributed by atoms with Gasteiger partial charge in [-0.3, -0.25) is 10.3 Å². The molecule has 5 N–H and O–H groups in total. The number of aryl methyl sites for hydroxylation is 1. The molecule has 144 valence electrons. The predicted molar refractivity (Wildman–Crippen MR) is 108 cm³/mol. The number of hydrogen-bond donors (Lipinski definition) is 4. The third-order valence-corrected chi connectivity index (χ3v) is 5.10. The first-order chi connectivity index (χ1) is 13.5. The van der Waals surface area contributed by atoms with E-state index in [0.29, 0.717) is 29.1 Å². The van der Waals surface area contributed by atoms with Gasteiger partial charge in [0.25, 0.3) is 0 Å². The number of rotatable bonds is 3. The highest BCUT2D eigenvalue weighted by atomic mass is 16.3. The topological polar surface area (TPSA) is 126 Å². The predicted octanol–water partition coefficient (Wildman–Crippen LogP) is 2.62. The van der Waals surface area contributed by atoms with Crippen molar-refractivity contribution in [3.8, 4) is 11.3 Å². The molecule has 8 nitrogen and oxygen atoms in total. The molecule has 1 saturated carbocycles. The van der Waals surface area contributed by atoms with E-state index in [2.05, 4.69) is 25.6 Å². The summed E-state index contributed by atoms with van der Waals surface area (Å²) >= 11 is 0. The maximum absolute atomic E-state index is 12.2. The minimum atomic E-state index is -0.494. The Balaban J connectivity index is 1.61. The van der Waals surface area contributed by atoms with E-state index >= 15 is 0 Å². The Hall–Kier alpha value is -3.26. The number of amides is 2. The van der Waals surface area contributed by atoms with Crippen LogP contribution in [0.1, 0.15) is 24.8 Å². The number of nitrogens with two attached hydrogens (primary N) is 1. The second kappa shape index (κ2) is 7.40. The van der Waals surface area contributed by atoms with E-state index in [1.807, 2.05) is 19.1 Å². The average molecular weight is 378 g/mol. The molecule has 0 bridgehead atoms. The van der Waals surface area contributed by atoms with Crippen LogP contribution in [0.15, 0.2) is 36.8 Å². The molecule has 0 unspecified atom stereocenters. The standard InChI is InChI=1S/C20H22N6O2/c1-11-5-6-22-9-13(11)16-7-12-8-18(23-10-14(12)19(21)24-16)26-20(28)25-15-3-2-4-17(15)27/h5-10,15,17,27H,2-4H2,1H3,(H2,21,24)(H2,23,25,26,28)/t15-,17-/m1/s1. The zero-order chi connectivity index (χ0) is 19.7. The van der Waals surface area contributed by atoms with Crippen molar-refractivity contribution in [3.63, 3.8) is 0 Å². The van der Waals surface area contributed by atoms with Gasteiger partial charge >= 0.3 is 6.03 Å². The van der Waals surface area contributed by atoms with Crippen molar-refractivity contribution in [2.75, 3.05) is 11.1 Å². The van der Waals surface area contributed by atoms with E-state index in [9.17, 15) is 9.90 Å². The van der Waals surface area contributed by atoms with Gasteiger partial charge in [-0.15, -0.1) is 0 Å². The second-order valence-electron chi connectivity index (χ2n) is 7.08. The van der Waals surface area contributed by atoms with Crippen LogP contribution in [0.3, 0.4) is 0 Å². The van der Waals surface area contributed by atoms with Gasteiger partial charge < -0.3 is 16.2 Å². The zero-order valence-electron chi connectivity index (χ0n) is 15.5. The van der Waals surface area contributed by atoms with E-state index in [1.165, 1.54) is 0 Å². The van der Waals surface area contributed by atoms with E-state index in [1.54, 1.807) is 24.7 Å². The molecular formula is C20H22N6O2. The van der Waals surface area contributed by atoms with Crippen LogP contribution in [0.25, 0.3) is 22.0 Å². The SMILES string of the molecule is Cc1ccncc1-c1cc2cc(NC(=O)N[C@@H]3CCC[C@H]3O)ncc2c(N)n1. The van der Waals surface area contributed by atoms with Crippen molar-refractivity contribution in [1.29, 1.82) is 0 Å². The molecule has 0 aliphatic heterocycles. The summed E-state index contributed by atoms with van der Waals surface area (Å²) in [5.41, 5.74) is 8.78. The van der Waals surface area contributed by atoms with E-state index in [-0.39, 0.29) is 12.1 Å². The Bertz CT molecular complexity index is 1040. The molecule has 2 atom stereocenters. The van der Waals surface area contributed by atoms with Crippen molar-refractivity contribution in [1.82, 2.24) is 20.3 Å². The van der Waals surface area contributed by atoms with Crippen LogP contribution < -0.4 is 16.4 Å². The van der Waals surface area contributed by atoms with E-state index < -0.39 is 6.10 Å². The number of carbonyl (C=O) groups excluding carboxylic acids is 1. The summed E-state index contributed by atoms with van der Waals surface area (Å²) in [6.07, 6.45) is 6.98. The quantitative estimate of drug-likeness (QED) is 0.555. The van der Waals surface area contributed by atoms with Gasteiger partial charge in [-0.2, -0.15) is 0 Å². The van der Waals surface area contributed by atoms with Crippen molar-refractivity contribution in [2.45, 2.75) is 38.3 Å². The maximum atomic E-state index is 12.2. The fourth-order valence-electron chi connectivity index (χ4n) is 3.54. The lowest BCUT2D eigenvalue weighted by Gasteiger charge is -2.16. The second-order valence-corrected chi connectivity index (χ2v) is 7.08. The Kier molecular flexibility index (Phi) is 4.79. The number of carbonyl (C=O) groups is 1. The molecule has 8 heteroatoms. The molecule has 1 fully saturated rings. The Labute approximate surface area is 162 Å². The molecular weight excluding hydrogens is 356 g/mol. The molecule has 1 aliphatic rings. The van der Waals surface area contributed by atoms with Gasteiger partial charge in [0.15, 0.2) is 0 Å². The van der Waals surface area contributed by atoms with Crippen molar-refractivity contribution >= 4 is 28.4 Å². The molecule has 3 heterocycles. The lowest BCUT2D eigenvalue weighted by atomic mass is 10.1. The smallest absolute Gasteiger partial charge is 0.320 e. The van der Waals surface area contributed by atoms with Crippen LogP contribution in [0.4, 0.5) is 16.4 Å². The normalized spacial score (nSPS) is 18.9. The fraction of sp³-hybridized carbons (Fsp3) is 0.300. The number of nitrogens with one attached hydrogen (secondary N) is 2. The Morgan fingerprint density at radius 2 is 2.14 bits per heavy atom. The van der Waals surface area contributed by atoms with Crippen LogP contribution >= 0.6 is 0 Å². The minimum absolute atomic E-state index is 0.222. The van der Waals surface area contributed by atoms with Crippen molar-refractivity contribution < 1.29 is 9.90 Å². The first kappa shape index (κ1) is 18.1. The molecule has 3 aromatic rings. The largest absolute Gasteiger partial charge is 0.391 e. The number of pyridine rings is 3. The number of hydrogen-bond acceptors (Lipinski definition) is 6. The highest BCUT2D eigenvalue weighted by Gasteiger charge is 2.26. The molecule has 0 spiro atoms. The zero-order valence-corrected chi connectivity index (χ0v) is 15.5. The number of aliphatic hydroxyl groups is 1. The molecule has 2 amide bonds. The van der Waals surface area contributed by atoms with Gasteiger partial charge in [0.05, 0.1) is 17.8 Å². The van der Waals surface area contributed by atoms with Crippen molar-refractivity contribution in [2.24, 2.45) is 0 Å². The van der Waals surface area contributed by atoms with E-state index in [0.717, 1.165) is 29.4 Å². The number of nitrogens with zero attached hydrogens (tertiary/aromatic N) is 3. The first-order valence-corrected chi connectivity index (χ1v) is 9.24. The number of aromatic nitrogens is 3. The van der Waals surface area contributed by atoms with Gasteiger partial charge in [0.1, 0.15) is 11.6 Å². The monoisotopic (exact) mass is 378 g/mol. The molecule has 0 saturated heterocycles.